The van der Waals surface area contributed by atoms with E-state index in [9.17, 15) is 9.59 Å². The highest BCUT2D eigenvalue weighted by molar-refractivity contribution is 6.05. The summed E-state index contributed by atoms with van der Waals surface area (Å²) in [6.07, 6.45) is 8.84. The van der Waals surface area contributed by atoms with Crippen molar-refractivity contribution in [3.63, 3.8) is 0 Å². The Morgan fingerprint density at radius 3 is 2.52 bits per heavy atom. The van der Waals surface area contributed by atoms with E-state index < -0.39 is 0 Å². The molecule has 0 saturated carbocycles. The molecule has 2 aromatic rings. The largest absolute Gasteiger partial charge is 0.353 e. The van der Waals surface area contributed by atoms with Crippen molar-refractivity contribution >= 4 is 35.6 Å². The normalized spacial score (nSPS) is 14.5. The zero-order chi connectivity index (χ0) is 23.6. The Labute approximate surface area is 196 Å². The van der Waals surface area contributed by atoms with E-state index in [4.69, 9.17) is 0 Å². The quantitative estimate of drug-likeness (QED) is 0.475. The van der Waals surface area contributed by atoms with E-state index in [1.807, 2.05) is 55.5 Å². The Bertz CT molecular complexity index is 1010. The fourth-order valence-corrected chi connectivity index (χ4v) is 3.75. The van der Waals surface area contributed by atoms with Crippen molar-refractivity contribution < 1.29 is 9.59 Å². The summed E-state index contributed by atoms with van der Waals surface area (Å²) in [5, 5.41) is 5.87. The van der Waals surface area contributed by atoms with Crippen LogP contribution in [0.1, 0.15) is 40.7 Å². The van der Waals surface area contributed by atoms with Crippen LogP contribution >= 0.6 is 0 Å². The molecule has 174 valence electrons. The van der Waals surface area contributed by atoms with Crippen LogP contribution in [0.4, 0.5) is 11.4 Å². The van der Waals surface area contributed by atoms with Crippen molar-refractivity contribution in [2.45, 2.75) is 26.2 Å². The van der Waals surface area contributed by atoms with Gasteiger partial charge in [0.05, 0.1) is 12.9 Å². The number of carbonyl (C=O) groups is 2. The molecule has 1 saturated heterocycles. The molecule has 1 aliphatic heterocycles. The maximum atomic E-state index is 12.8. The van der Waals surface area contributed by atoms with Crippen LogP contribution in [0.2, 0.25) is 0 Å². The number of likely N-dealkylation sites (tertiary alicyclic amines) is 1. The molecule has 1 heterocycles. The number of nitrogens with one attached hydrogen (secondary N) is 2. The number of nitrogens with zero attached hydrogens (tertiary/aromatic N) is 3. The molecule has 1 fully saturated rings. The molecule has 3 rings (SSSR count). The number of carbonyl (C=O) groups excluding carboxylic acids is 2. The highest BCUT2D eigenvalue weighted by Crippen LogP contribution is 2.19. The summed E-state index contributed by atoms with van der Waals surface area (Å²) < 4.78 is 0. The van der Waals surface area contributed by atoms with Crippen molar-refractivity contribution in [3.05, 3.63) is 65.4 Å². The standard InChI is InChI=1S/C26H33N5O2/c1-20-7-8-22(17-21(20)13-14-28-19-27-2)26(33)29-23-9-11-24(12-10-23)30(3)25(32)18-31-15-5-4-6-16-31/h7-14,17,19H,4-6,15-16,18H2,1-3H3,(H,27,28)(H,29,33)/b14-13+. The summed E-state index contributed by atoms with van der Waals surface area (Å²) in [5.74, 6) is -0.108. The molecule has 0 atom stereocenters. The molecule has 0 bridgehead atoms. The van der Waals surface area contributed by atoms with Crippen LogP contribution in [0, 0.1) is 6.92 Å². The smallest absolute Gasteiger partial charge is 0.255 e. The first kappa shape index (κ1) is 24.2. The van der Waals surface area contributed by atoms with Gasteiger partial charge in [-0.3, -0.25) is 19.5 Å². The molecule has 7 heteroatoms. The number of anilines is 2. The van der Waals surface area contributed by atoms with Crippen LogP contribution in [0.25, 0.3) is 6.08 Å². The van der Waals surface area contributed by atoms with E-state index in [1.54, 1.807) is 31.5 Å². The van der Waals surface area contributed by atoms with Crippen LogP contribution in [-0.2, 0) is 4.79 Å². The Hall–Kier alpha value is -3.45. The average molecular weight is 448 g/mol. The summed E-state index contributed by atoms with van der Waals surface area (Å²) in [7, 11) is 3.48. The van der Waals surface area contributed by atoms with E-state index in [2.05, 4.69) is 20.5 Å². The van der Waals surface area contributed by atoms with Gasteiger partial charge in [-0.05, 0) is 86.5 Å². The van der Waals surface area contributed by atoms with E-state index >= 15 is 0 Å². The predicted octanol–water partition coefficient (Wildman–Crippen LogP) is 3.91. The van der Waals surface area contributed by atoms with Gasteiger partial charge in [-0.25, -0.2) is 0 Å². The second-order valence-corrected chi connectivity index (χ2v) is 8.25. The Morgan fingerprint density at radius 2 is 1.82 bits per heavy atom. The van der Waals surface area contributed by atoms with Crippen molar-refractivity contribution in [1.82, 2.24) is 10.2 Å². The first-order valence-electron chi connectivity index (χ1n) is 11.3. The lowest BCUT2D eigenvalue weighted by molar-refractivity contribution is -0.119. The molecule has 0 unspecified atom stereocenters. The van der Waals surface area contributed by atoms with E-state index in [1.165, 1.54) is 6.42 Å². The summed E-state index contributed by atoms with van der Waals surface area (Å²) in [5.41, 5.74) is 4.07. The minimum atomic E-state index is -0.185. The van der Waals surface area contributed by atoms with Gasteiger partial charge < -0.3 is 15.5 Å². The number of hydrogen-bond donors (Lipinski definition) is 2. The number of aryl methyl sites for hydroxylation is 1. The molecular formula is C26H33N5O2. The number of hydrogen-bond acceptors (Lipinski definition) is 4. The molecule has 0 spiro atoms. The van der Waals surface area contributed by atoms with Crippen molar-refractivity contribution in [3.8, 4) is 0 Å². The number of amides is 2. The van der Waals surface area contributed by atoms with E-state index in [0.29, 0.717) is 17.8 Å². The van der Waals surface area contributed by atoms with Crippen LogP contribution in [-0.4, -0.2) is 56.8 Å². The zero-order valence-corrected chi connectivity index (χ0v) is 19.7. The second-order valence-electron chi connectivity index (χ2n) is 8.25. The zero-order valence-electron chi connectivity index (χ0n) is 19.7. The lowest BCUT2D eigenvalue weighted by Gasteiger charge is -2.28. The number of aliphatic imine (C=N–C) groups is 1. The maximum absolute atomic E-state index is 12.8. The second kappa shape index (κ2) is 12.0. The van der Waals surface area contributed by atoms with Crippen LogP contribution in [0.15, 0.2) is 53.7 Å². The third-order valence-electron chi connectivity index (χ3n) is 5.80. The van der Waals surface area contributed by atoms with Crippen LogP contribution in [0.3, 0.4) is 0 Å². The summed E-state index contributed by atoms with van der Waals surface area (Å²) in [4.78, 5) is 33.1. The SMILES string of the molecule is CN=CN/C=C/c1cc(C(=O)Nc2ccc(N(C)C(=O)CN3CCCCC3)cc2)ccc1C. The van der Waals surface area contributed by atoms with Gasteiger partial charge in [0.1, 0.15) is 0 Å². The first-order valence-corrected chi connectivity index (χ1v) is 11.3. The molecule has 1 aliphatic rings. The summed E-state index contributed by atoms with van der Waals surface area (Å²) in [6.45, 7) is 4.42. The van der Waals surface area contributed by atoms with Crippen molar-refractivity contribution in [1.29, 1.82) is 0 Å². The van der Waals surface area contributed by atoms with E-state index in [0.717, 1.165) is 42.7 Å². The van der Waals surface area contributed by atoms with Gasteiger partial charge in [-0.15, -0.1) is 0 Å². The first-order chi connectivity index (χ1) is 16.0. The summed E-state index contributed by atoms with van der Waals surface area (Å²) >= 11 is 0. The fraction of sp³-hybridized carbons (Fsp3) is 0.346. The molecule has 2 amide bonds. The molecule has 0 radical (unpaired) electrons. The number of rotatable bonds is 8. The number of benzene rings is 2. The molecule has 2 aromatic carbocycles. The predicted molar refractivity (Wildman–Crippen MR) is 136 cm³/mol. The molecule has 0 aromatic heterocycles. The average Bonchev–Trinajstić information content (AvgIpc) is 2.83. The van der Waals surface area contributed by atoms with Gasteiger partial charge in [-0.1, -0.05) is 12.5 Å². The minimum Gasteiger partial charge on any atom is -0.353 e. The highest BCUT2D eigenvalue weighted by atomic mass is 16.2. The number of piperidine rings is 1. The van der Waals surface area contributed by atoms with Gasteiger partial charge in [0.2, 0.25) is 5.91 Å². The van der Waals surface area contributed by atoms with Gasteiger partial charge in [0.15, 0.2) is 0 Å². The molecule has 7 nitrogen and oxygen atoms in total. The summed E-state index contributed by atoms with van der Waals surface area (Å²) in [6, 6.07) is 12.9. The maximum Gasteiger partial charge on any atom is 0.255 e. The molecule has 33 heavy (non-hydrogen) atoms. The van der Waals surface area contributed by atoms with Gasteiger partial charge in [0, 0.05) is 37.2 Å². The Morgan fingerprint density at radius 1 is 1.09 bits per heavy atom. The molecular weight excluding hydrogens is 414 g/mol. The lowest BCUT2D eigenvalue weighted by Crippen LogP contribution is -2.40. The Balaban J connectivity index is 1.60. The van der Waals surface area contributed by atoms with Gasteiger partial charge >= 0.3 is 0 Å². The topological polar surface area (TPSA) is 77.0 Å². The monoisotopic (exact) mass is 447 g/mol. The van der Waals surface area contributed by atoms with Crippen molar-refractivity contribution in [2.24, 2.45) is 4.99 Å². The van der Waals surface area contributed by atoms with Gasteiger partial charge in [-0.2, -0.15) is 0 Å². The molecule has 0 aliphatic carbocycles. The third kappa shape index (κ3) is 7.02. The fourth-order valence-electron chi connectivity index (χ4n) is 3.75. The minimum absolute atomic E-state index is 0.0774. The van der Waals surface area contributed by atoms with Gasteiger partial charge in [0.25, 0.3) is 5.91 Å². The van der Waals surface area contributed by atoms with Crippen LogP contribution in [0.5, 0.6) is 0 Å². The molecule has 2 N–H and O–H groups in total. The lowest BCUT2D eigenvalue weighted by atomic mass is 10.0. The van der Waals surface area contributed by atoms with E-state index in [-0.39, 0.29) is 11.8 Å². The Kier molecular flexibility index (Phi) is 8.78. The number of likely N-dealkylation sites (N-methyl/N-ethyl adjacent to an activating group) is 1. The highest BCUT2D eigenvalue weighted by Gasteiger charge is 2.17. The van der Waals surface area contributed by atoms with Crippen LogP contribution < -0.4 is 15.5 Å². The third-order valence-corrected chi connectivity index (χ3v) is 5.80. The van der Waals surface area contributed by atoms with Crippen molar-refractivity contribution in [2.75, 3.05) is 43.9 Å².